The van der Waals surface area contributed by atoms with E-state index in [0.717, 1.165) is 5.56 Å². The fourth-order valence-corrected chi connectivity index (χ4v) is 4.16. The predicted molar refractivity (Wildman–Crippen MR) is 115 cm³/mol. The second-order valence-electron chi connectivity index (χ2n) is 5.72. The lowest BCUT2D eigenvalue weighted by Gasteiger charge is -2.10. The van der Waals surface area contributed by atoms with Crippen molar-refractivity contribution in [2.24, 2.45) is 0 Å². The Balaban J connectivity index is 1.58. The molecule has 0 bridgehead atoms. The molecule has 2 aromatic carbocycles. The van der Waals surface area contributed by atoms with E-state index in [9.17, 15) is 13.2 Å². The number of hydrogen-bond donors (Lipinski definition) is 3. The Labute approximate surface area is 172 Å². The van der Waals surface area contributed by atoms with E-state index in [2.05, 4.69) is 15.4 Å². The largest absolute Gasteiger partial charge is 0.332 e. The molecule has 1 aromatic heterocycles. The molecule has 3 N–H and O–H groups in total. The van der Waals surface area contributed by atoms with Gasteiger partial charge in [-0.1, -0.05) is 36.4 Å². The molecule has 1 heterocycles. The van der Waals surface area contributed by atoms with Gasteiger partial charge in [0.2, 0.25) is 10.0 Å². The van der Waals surface area contributed by atoms with Crippen LogP contribution < -0.4 is 15.4 Å². The highest BCUT2D eigenvalue weighted by Crippen LogP contribution is 2.15. The van der Waals surface area contributed by atoms with E-state index >= 15 is 0 Å². The number of sulfonamides is 1. The minimum atomic E-state index is -3.63. The Morgan fingerprint density at radius 1 is 0.964 bits per heavy atom. The summed E-state index contributed by atoms with van der Waals surface area (Å²) in [7, 11) is -3.63. The molecule has 0 radical (unpaired) electrons. The van der Waals surface area contributed by atoms with Crippen LogP contribution in [0.15, 0.2) is 77.0 Å². The molecule has 0 atom stereocenters. The first-order valence-electron chi connectivity index (χ1n) is 8.23. The van der Waals surface area contributed by atoms with E-state index in [4.69, 9.17) is 12.2 Å². The van der Waals surface area contributed by atoms with Gasteiger partial charge in [-0.15, -0.1) is 11.3 Å². The van der Waals surface area contributed by atoms with E-state index in [1.54, 1.807) is 29.6 Å². The molecule has 9 heteroatoms. The van der Waals surface area contributed by atoms with Crippen LogP contribution in [0.1, 0.15) is 15.2 Å². The first-order valence-corrected chi connectivity index (χ1v) is 11.0. The molecule has 6 nitrogen and oxygen atoms in total. The SMILES string of the molecule is O=C(NC(=S)Nc1ccc(S(=O)(=O)NCc2ccccc2)cc1)c1cccs1. The van der Waals surface area contributed by atoms with Crippen LogP contribution >= 0.6 is 23.6 Å². The zero-order chi connectivity index (χ0) is 20.0. The lowest BCUT2D eigenvalue weighted by atomic mass is 10.2. The lowest BCUT2D eigenvalue weighted by molar-refractivity contribution is 0.0981. The van der Waals surface area contributed by atoms with Crippen LogP contribution in [0.4, 0.5) is 5.69 Å². The van der Waals surface area contributed by atoms with Gasteiger partial charge in [0.1, 0.15) is 0 Å². The normalized spacial score (nSPS) is 11.0. The van der Waals surface area contributed by atoms with Gasteiger partial charge in [0.25, 0.3) is 5.91 Å². The van der Waals surface area contributed by atoms with Gasteiger partial charge in [-0.05, 0) is 53.5 Å². The van der Waals surface area contributed by atoms with Gasteiger partial charge in [-0.25, -0.2) is 13.1 Å². The van der Waals surface area contributed by atoms with Crippen molar-refractivity contribution in [3.8, 4) is 0 Å². The Morgan fingerprint density at radius 3 is 2.32 bits per heavy atom. The summed E-state index contributed by atoms with van der Waals surface area (Å²) >= 11 is 6.43. The quantitative estimate of drug-likeness (QED) is 0.521. The first-order chi connectivity index (χ1) is 13.4. The molecule has 0 unspecified atom stereocenters. The fourth-order valence-electron chi connectivity index (χ4n) is 2.31. The summed E-state index contributed by atoms with van der Waals surface area (Å²) in [5, 5.41) is 7.37. The van der Waals surface area contributed by atoms with Crippen molar-refractivity contribution in [2.75, 3.05) is 5.32 Å². The van der Waals surface area contributed by atoms with Gasteiger partial charge >= 0.3 is 0 Å². The third-order valence-corrected chi connectivity index (χ3v) is 6.19. The standard InChI is InChI=1S/C19H17N3O3S3/c23-18(17-7-4-12-27-17)22-19(26)21-15-8-10-16(11-9-15)28(24,25)20-13-14-5-2-1-3-6-14/h1-12,20H,13H2,(H2,21,22,23,26). The fraction of sp³-hybridized carbons (Fsp3) is 0.0526. The number of carbonyl (C=O) groups is 1. The molecular weight excluding hydrogens is 414 g/mol. The number of anilines is 1. The highest BCUT2D eigenvalue weighted by atomic mass is 32.2. The highest BCUT2D eigenvalue weighted by molar-refractivity contribution is 7.89. The smallest absolute Gasteiger partial charge is 0.267 e. The van der Waals surface area contributed by atoms with Crippen LogP contribution in [0.3, 0.4) is 0 Å². The van der Waals surface area contributed by atoms with Crippen molar-refractivity contribution in [1.82, 2.24) is 10.0 Å². The minimum Gasteiger partial charge on any atom is -0.332 e. The van der Waals surface area contributed by atoms with Crippen LogP contribution in [0.5, 0.6) is 0 Å². The summed E-state index contributed by atoms with van der Waals surface area (Å²) in [4.78, 5) is 12.7. The third-order valence-electron chi connectivity index (χ3n) is 3.70. The van der Waals surface area contributed by atoms with Crippen molar-refractivity contribution < 1.29 is 13.2 Å². The summed E-state index contributed by atoms with van der Waals surface area (Å²) in [5.74, 6) is -0.295. The van der Waals surface area contributed by atoms with Crippen molar-refractivity contribution in [2.45, 2.75) is 11.4 Å². The van der Waals surface area contributed by atoms with Gasteiger partial charge < -0.3 is 5.32 Å². The van der Waals surface area contributed by atoms with Gasteiger partial charge in [0, 0.05) is 12.2 Å². The Bertz CT molecular complexity index is 1050. The maximum Gasteiger partial charge on any atom is 0.267 e. The summed E-state index contributed by atoms with van der Waals surface area (Å²) in [6.07, 6.45) is 0. The maximum absolute atomic E-state index is 12.4. The van der Waals surface area contributed by atoms with E-state index < -0.39 is 10.0 Å². The van der Waals surface area contributed by atoms with Crippen LogP contribution in [0, 0.1) is 0 Å². The van der Waals surface area contributed by atoms with Crippen molar-refractivity contribution in [3.05, 3.63) is 82.6 Å². The molecule has 0 fully saturated rings. The average Bonchev–Trinajstić information content (AvgIpc) is 3.23. The van der Waals surface area contributed by atoms with Gasteiger partial charge in [0.05, 0.1) is 9.77 Å². The predicted octanol–water partition coefficient (Wildman–Crippen LogP) is 3.35. The first kappa shape index (κ1) is 20.2. The molecule has 0 spiro atoms. The van der Waals surface area contributed by atoms with Crippen LogP contribution in [0.25, 0.3) is 0 Å². The van der Waals surface area contributed by atoms with Gasteiger partial charge in [0.15, 0.2) is 5.11 Å². The molecule has 1 amide bonds. The highest BCUT2D eigenvalue weighted by Gasteiger charge is 2.14. The summed E-state index contributed by atoms with van der Waals surface area (Å²) in [6.45, 7) is 0.210. The number of thiocarbonyl (C=S) groups is 1. The Kier molecular flexibility index (Phi) is 6.53. The number of benzene rings is 2. The van der Waals surface area contributed by atoms with E-state index in [1.807, 2.05) is 30.3 Å². The van der Waals surface area contributed by atoms with Gasteiger partial charge in [-0.3, -0.25) is 10.1 Å². The molecule has 144 valence electrons. The number of rotatable bonds is 6. The van der Waals surface area contributed by atoms with Crippen molar-refractivity contribution in [3.63, 3.8) is 0 Å². The molecule has 0 aliphatic carbocycles. The minimum absolute atomic E-state index is 0.135. The van der Waals surface area contributed by atoms with Crippen LogP contribution in [0.2, 0.25) is 0 Å². The summed E-state index contributed by atoms with van der Waals surface area (Å²) < 4.78 is 27.4. The van der Waals surface area contributed by atoms with Gasteiger partial charge in [-0.2, -0.15) is 0 Å². The number of nitrogens with one attached hydrogen (secondary N) is 3. The van der Waals surface area contributed by atoms with E-state index in [0.29, 0.717) is 10.6 Å². The van der Waals surface area contributed by atoms with Crippen LogP contribution in [-0.2, 0) is 16.6 Å². The number of hydrogen-bond acceptors (Lipinski definition) is 5. The Hall–Kier alpha value is -2.59. The summed E-state index contributed by atoms with van der Waals surface area (Å²) in [6, 6.07) is 18.9. The summed E-state index contributed by atoms with van der Waals surface area (Å²) in [5.41, 5.74) is 1.44. The second kappa shape index (κ2) is 9.07. The second-order valence-corrected chi connectivity index (χ2v) is 8.84. The molecule has 0 aliphatic rings. The molecule has 28 heavy (non-hydrogen) atoms. The van der Waals surface area contributed by atoms with Crippen molar-refractivity contribution in [1.29, 1.82) is 0 Å². The molecule has 0 saturated heterocycles. The number of carbonyl (C=O) groups excluding carboxylic acids is 1. The monoisotopic (exact) mass is 431 g/mol. The zero-order valence-electron chi connectivity index (χ0n) is 14.6. The molecule has 0 aliphatic heterocycles. The number of amides is 1. The average molecular weight is 432 g/mol. The number of thiophene rings is 1. The molecular formula is C19H17N3O3S3. The Morgan fingerprint density at radius 2 is 1.68 bits per heavy atom. The molecule has 3 rings (SSSR count). The topological polar surface area (TPSA) is 87.3 Å². The maximum atomic E-state index is 12.4. The van der Waals surface area contributed by atoms with Crippen molar-refractivity contribution >= 4 is 50.3 Å². The van der Waals surface area contributed by atoms with E-state index in [1.165, 1.54) is 23.5 Å². The zero-order valence-corrected chi connectivity index (χ0v) is 17.0. The third kappa shape index (κ3) is 5.46. The van der Waals surface area contributed by atoms with Crippen LogP contribution in [-0.4, -0.2) is 19.4 Å². The molecule has 0 saturated carbocycles. The lowest BCUT2D eigenvalue weighted by Crippen LogP contribution is -2.33. The molecule has 3 aromatic rings. The van der Waals surface area contributed by atoms with E-state index in [-0.39, 0.29) is 22.5 Å².